The van der Waals surface area contributed by atoms with Crippen LogP contribution < -0.4 is 0 Å². The average molecular weight is 675 g/mol. The van der Waals surface area contributed by atoms with Crippen molar-refractivity contribution in [3.8, 4) is 0 Å². The van der Waals surface area contributed by atoms with Crippen LogP contribution in [0.1, 0.15) is 73.8 Å². The first-order valence-corrected chi connectivity index (χ1v) is 16.9. The van der Waals surface area contributed by atoms with Crippen molar-refractivity contribution in [1.29, 1.82) is 0 Å². The van der Waals surface area contributed by atoms with Crippen LogP contribution in [-0.4, -0.2) is 138 Å². The fraction of sp³-hybridized carbons (Fsp3) is 0.694. The minimum Gasteiger partial charge on any atom is -0.461 e. The van der Waals surface area contributed by atoms with Gasteiger partial charge in [-0.25, -0.2) is 0 Å². The standard InChI is InChI=1S/C36H58N4O8/c1-28(41)24-37-16-17-38(25-33(44)47-35(3,4)5)18-19-39(26-34(45)48-36(6,7)8)21-23-40(22-20-37)31(29(2)42)14-15-32(43)46-27-30-12-10-9-11-13-30/h9-13,31H,14-27H2,1-8H3. The lowest BCUT2D eigenvalue weighted by atomic mass is 10.1. The van der Waals surface area contributed by atoms with Gasteiger partial charge in [-0.3, -0.25) is 43.6 Å². The summed E-state index contributed by atoms with van der Waals surface area (Å²) in [4.78, 5) is 71.7. The molecule has 270 valence electrons. The van der Waals surface area contributed by atoms with Crippen LogP contribution in [0.25, 0.3) is 0 Å². The van der Waals surface area contributed by atoms with E-state index >= 15 is 0 Å². The fourth-order valence-electron chi connectivity index (χ4n) is 5.47. The number of hydrogen-bond acceptors (Lipinski definition) is 12. The van der Waals surface area contributed by atoms with Crippen LogP contribution in [-0.2, 0) is 44.8 Å². The van der Waals surface area contributed by atoms with E-state index in [1.807, 2.05) is 91.5 Å². The summed E-state index contributed by atoms with van der Waals surface area (Å²) in [6, 6.07) is 8.87. The highest BCUT2D eigenvalue weighted by atomic mass is 16.6. The Hall–Kier alpha value is -3.19. The summed E-state index contributed by atoms with van der Waals surface area (Å²) in [5, 5.41) is 0. The predicted molar refractivity (Wildman–Crippen MR) is 183 cm³/mol. The normalized spacial score (nSPS) is 17.4. The Bertz CT molecular complexity index is 1190. The van der Waals surface area contributed by atoms with E-state index in [9.17, 15) is 24.0 Å². The topological polar surface area (TPSA) is 126 Å². The van der Waals surface area contributed by atoms with Crippen molar-refractivity contribution in [3.05, 3.63) is 35.9 Å². The first-order chi connectivity index (χ1) is 22.4. The van der Waals surface area contributed by atoms with Crippen molar-refractivity contribution in [2.24, 2.45) is 0 Å². The van der Waals surface area contributed by atoms with Gasteiger partial charge in [0.05, 0.1) is 25.7 Å². The first-order valence-electron chi connectivity index (χ1n) is 16.9. The molecule has 12 nitrogen and oxygen atoms in total. The van der Waals surface area contributed by atoms with Crippen molar-refractivity contribution >= 4 is 29.5 Å². The molecule has 12 heteroatoms. The van der Waals surface area contributed by atoms with Crippen LogP contribution in [0.4, 0.5) is 0 Å². The molecule has 48 heavy (non-hydrogen) atoms. The summed E-state index contributed by atoms with van der Waals surface area (Å²) in [6.07, 6.45) is 0.359. The van der Waals surface area contributed by atoms with Crippen molar-refractivity contribution in [3.63, 3.8) is 0 Å². The molecule has 0 radical (unpaired) electrons. The van der Waals surface area contributed by atoms with Crippen molar-refractivity contribution in [1.82, 2.24) is 19.6 Å². The number of esters is 3. The lowest BCUT2D eigenvalue weighted by molar-refractivity contribution is -0.158. The van der Waals surface area contributed by atoms with Gasteiger partial charge in [0, 0.05) is 58.8 Å². The molecule has 1 unspecified atom stereocenters. The molecule has 2 rings (SSSR count). The fourth-order valence-corrected chi connectivity index (χ4v) is 5.47. The summed E-state index contributed by atoms with van der Waals surface area (Å²) in [6.45, 7) is 18.3. The van der Waals surface area contributed by atoms with E-state index in [4.69, 9.17) is 14.2 Å². The Balaban J connectivity index is 2.25. The molecule has 0 spiro atoms. The zero-order valence-corrected chi connectivity index (χ0v) is 30.4. The Kier molecular flexibility index (Phi) is 16.8. The molecule has 1 aromatic rings. The maximum absolute atomic E-state index is 13.0. The zero-order valence-electron chi connectivity index (χ0n) is 30.4. The molecular weight excluding hydrogens is 616 g/mol. The highest BCUT2D eigenvalue weighted by molar-refractivity contribution is 5.82. The van der Waals surface area contributed by atoms with Crippen LogP contribution in [0.3, 0.4) is 0 Å². The van der Waals surface area contributed by atoms with Crippen molar-refractivity contribution < 1.29 is 38.2 Å². The van der Waals surface area contributed by atoms with Crippen LogP contribution in [0.5, 0.6) is 0 Å². The molecule has 1 heterocycles. The third-order valence-electron chi connectivity index (χ3n) is 7.64. The molecule has 0 aliphatic carbocycles. The highest BCUT2D eigenvalue weighted by Crippen LogP contribution is 2.14. The second kappa shape index (κ2) is 19.7. The molecule has 0 bridgehead atoms. The number of hydrogen-bond donors (Lipinski definition) is 0. The molecule has 1 fully saturated rings. The molecule has 1 aromatic carbocycles. The molecule has 1 aliphatic rings. The molecule has 0 saturated carbocycles. The van der Waals surface area contributed by atoms with Crippen LogP contribution in [0, 0.1) is 0 Å². The summed E-state index contributed by atoms with van der Waals surface area (Å²) in [5.74, 6) is -1.14. The molecule has 0 amide bonds. The minimum absolute atomic E-state index is 0.0140. The minimum atomic E-state index is -0.645. The number of ether oxygens (including phenoxy) is 3. The summed E-state index contributed by atoms with van der Waals surface area (Å²) < 4.78 is 16.7. The number of carbonyl (C=O) groups excluding carboxylic acids is 5. The van der Waals surface area contributed by atoms with E-state index < -0.39 is 17.2 Å². The lowest BCUT2D eigenvalue weighted by Crippen LogP contribution is -2.52. The van der Waals surface area contributed by atoms with Gasteiger partial charge in [-0.15, -0.1) is 0 Å². The quantitative estimate of drug-likeness (QED) is 0.226. The summed E-state index contributed by atoms with van der Waals surface area (Å²) in [7, 11) is 0. The number of ketones is 2. The number of carbonyl (C=O) groups is 5. The monoisotopic (exact) mass is 674 g/mol. The molecule has 0 N–H and O–H groups in total. The van der Waals surface area contributed by atoms with Crippen LogP contribution in [0.15, 0.2) is 30.3 Å². The van der Waals surface area contributed by atoms with Gasteiger partial charge in [0.15, 0.2) is 0 Å². The molecule has 0 aromatic heterocycles. The Labute approximate surface area is 287 Å². The Morgan fingerprint density at radius 2 is 1.08 bits per heavy atom. The maximum atomic E-state index is 13.0. The predicted octanol–water partition coefficient (Wildman–Crippen LogP) is 2.96. The van der Waals surface area contributed by atoms with Gasteiger partial charge < -0.3 is 14.2 Å². The largest absolute Gasteiger partial charge is 0.461 e. The van der Waals surface area contributed by atoms with Crippen molar-refractivity contribution in [2.45, 2.75) is 92.1 Å². The molecule has 1 atom stereocenters. The van der Waals surface area contributed by atoms with Gasteiger partial charge in [0.1, 0.15) is 29.4 Å². The average Bonchev–Trinajstić information content (AvgIpc) is 2.95. The SMILES string of the molecule is CC(=O)CN1CCN(CC(=O)OC(C)(C)C)CCN(CC(=O)OC(C)(C)C)CCN(C(CCC(=O)OCc2ccccc2)C(C)=O)CC1. The first kappa shape index (κ1) is 41.0. The molecular formula is C36H58N4O8. The molecule has 1 aliphatic heterocycles. The number of nitrogens with zero attached hydrogens (tertiary/aromatic N) is 4. The second-order valence-electron chi connectivity index (χ2n) is 14.6. The van der Waals surface area contributed by atoms with Crippen molar-refractivity contribution in [2.75, 3.05) is 72.0 Å². The molecule has 1 saturated heterocycles. The lowest BCUT2D eigenvalue weighted by Gasteiger charge is -2.36. The maximum Gasteiger partial charge on any atom is 0.320 e. The smallest absolute Gasteiger partial charge is 0.320 e. The van der Waals surface area contributed by atoms with Crippen LogP contribution in [0.2, 0.25) is 0 Å². The van der Waals surface area contributed by atoms with E-state index in [-0.39, 0.29) is 68.6 Å². The van der Waals surface area contributed by atoms with Gasteiger partial charge in [0.25, 0.3) is 0 Å². The Morgan fingerprint density at radius 3 is 1.50 bits per heavy atom. The zero-order chi connectivity index (χ0) is 35.9. The van der Waals surface area contributed by atoms with Crippen LogP contribution >= 0.6 is 0 Å². The third-order valence-corrected chi connectivity index (χ3v) is 7.64. The summed E-state index contributed by atoms with van der Waals surface area (Å²) in [5.41, 5.74) is -0.382. The van der Waals surface area contributed by atoms with E-state index in [0.717, 1.165) is 5.56 Å². The van der Waals surface area contributed by atoms with Gasteiger partial charge in [0.2, 0.25) is 0 Å². The van der Waals surface area contributed by atoms with Gasteiger partial charge in [-0.2, -0.15) is 0 Å². The Morgan fingerprint density at radius 1 is 0.646 bits per heavy atom. The third kappa shape index (κ3) is 17.8. The van der Waals surface area contributed by atoms with E-state index in [2.05, 4.69) is 0 Å². The number of benzene rings is 1. The second-order valence-corrected chi connectivity index (χ2v) is 14.6. The van der Waals surface area contributed by atoms with E-state index in [1.54, 1.807) is 6.92 Å². The summed E-state index contributed by atoms with van der Waals surface area (Å²) >= 11 is 0. The highest BCUT2D eigenvalue weighted by Gasteiger charge is 2.28. The van der Waals surface area contributed by atoms with E-state index in [0.29, 0.717) is 52.4 Å². The number of Topliss-reactive ketones (excluding diaryl/α,β-unsaturated/α-hetero) is 2. The van der Waals surface area contributed by atoms with Gasteiger partial charge >= 0.3 is 17.9 Å². The van der Waals surface area contributed by atoms with Gasteiger partial charge in [-0.1, -0.05) is 30.3 Å². The number of rotatable bonds is 13. The van der Waals surface area contributed by atoms with Gasteiger partial charge in [-0.05, 0) is 67.4 Å². The van der Waals surface area contributed by atoms with E-state index in [1.165, 1.54) is 6.92 Å².